The van der Waals surface area contributed by atoms with Gasteiger partial charge in [-0.15, -0.1) is 0 Å². The predicted molar refractivity (Wildman–Crippen MR) is 56.0 cm³/mol. The Kier molecular flexibility index (Phi) is 2.37. The van der Waals surface area contributed by atoms with E-state index >= 15 is 0 Å². The number of aliphatic hydroxyl groups is 1. The van der Waals surface area contributed by atoms with Crippen molar-refractivity contribution in [1.82, 2.24) is 9.47 Å². The molecule has 0 saturated carbocycles. The fourth-order valence-corrected chi connectivity index (χ4v) is 2.19. The van der Waals surface area contributed by atoms with Crippen molar-refractivity contribution in [2.24, 2.45) is 7.05 Å². The van der Waals surface area contributed by atoms with Crippen LogP contribution in [0, 0.1) is 0 Å². The lowest BCUT2D eigenvalue weighted by Crippen LogP contribution is -2.41. The average Bonchev–Trinajstić information content (AvgIpc) is 2.58. The van der Waals surface area contributed by atoms with Crippen LogP contribution in [0.1, 0.15) is 18.5 Å². The first-order chi connectivity index (χ1) is 6.62. The molecule has 0 unspecified atom stereocenters. The van der Waals surface area contributed by atoms with Crippen molar-refractivity contribution >= 4 is 0 Å². The van der Waals surface area contributed by atoms with Crippen LogP contribution in [0.25, 0.3) is 0 Å². The number of aromatic nitrogens is 1. The summed E-state index contributed by atoms with van der Waals surface area (Å²) in [5, 5.41) is 10.5. The van der Waals surface area contributed by atoms with Crippen molar-refractivity contribution in [3.63, 3.8) is 0 Å². The number of piperidine rings is 1. The molecule has 3 heteroatoms. The largest absolute Gasteiger partial charge is 0.384 e. The summed E-state index contributed by atoms with van der Waals surface area (Å²) in [6, 6.07) is 4.01. The molecule has 0 atom stereocenters. The summed E-state index contributed by atoms with van der Waals surface area (Å²) in [6.07, 6.45) is 3.66. The summed E-state index contributed by atoms with van der Waals surface area (Å²) in [4.78, 5) is 2.26. The Balaban J connectivity index is 2.21. The van der Waals surface area contributed by atoms with Crippen LogP contribution in [-0.2, 0) is 12.6 Å². The topological polar surface area (TPSA) is 28.4 Å². The molecule has 1 saturated heterocycles. The van der Waals surface area contributed by atoms with Gasteiger partial charge in [-0.1, -0.05) is 0 Å². The Hall–Kier alpha value is -0.800. The molecule has 2 rings (SSSR count). The van der Waals surface area contributed by atoms with Gasteiger partial charge in [0.2, 0.25) is 0 Å². The van der Waals surface area contributed by atoms with E-state index in [1.54, 1.807) is 0 Å². The van der Waals surface area contributed by atoms with Gasteiger partial charge in [0, 0.05) is 32.0 Å². The zero-order valence-electron chi connectivity index (χ0n) is 8.90. The Bertz CT molecular complexity index is 311. The van der Waals surface area contributed by atoms with Crippen LogP contribution in [0.4, 0.5) is 0 Å². The SMILES string of the molecule is CN1CCC(O)(c2cccn2C)CC1. The van der Waals surface area contributed by atoms with Crippen molar-refractivity contribution < 1.29 is 5.11 Å². The van der Waals surface area contributed by atoms with Gasteiger partial charge in [0.25, 0.3) is 0 Å². The van der Waals surface area contributed by atoms with Gasteiger partial charge in [-0.2, -0.15) is 0 Å². The van der Waals surface area contributed by atoms with E-state index in [9.17, 15) is 5.11 Å². The summed E-state index contributed by atoms with van der Waals surface area (Å²) in [6.45, 7) is 1.95. The van der Waals surface area contributed by atoms with E-state index in [1.807, 2.05) is 29.9 Å². The van der Waals surface area contributed by atoms with E-state index in [0.29, 0.717) is 0 Å². The summed E-state index contributed by atoms with van der Waals surface area (Å²) >= 11 is 0. The minimum atomic E-state index is -0.606. The third-order valence-electron chi connectivity index (χ3n) is 3.23. The molecule has 0 amide bonds. The molecule has 1 aromatic rings. The first-order valence-corrected chi connectivity index (χ1v) is 5.14. The highest BCUT2D eigenvalue weighted by atomic mass is 16.3. The molecule has 1 N–H and O–H groups in total. The molecule has 0 aliphatic carbocycles. The van der Waals surface area contributed by atoms with Crippen molar-refractivity contribution in [3.8, 4) is 0 Å². The standard InChI is InChI=1S/C11H18N2O/c1-12-8-5-11(14,6-9-12)10-4-3-7-13(10)2/h3-4,7,14H,5-6,8-9H2,1-2H3. The van der Waals surface area contributed by atoms with Crippen molar-refractivity contribution in [1.29, 1.82) is 0 Å². The molecular weight excluding hydrogens is 176 g/mol. The second kappa shape index (κ2) is 3.41. The molecule has 0 spiro atoms. The van der Waals surface area contributed by atoms with Crippen LogP contribution in [0.5, 0.6) is 0 Å². The second-order valence-electron chi connectivity index (χ2n) is 4.34. The molecule has 0 aromatic carbocycles. The highest BCUT2D eigenvalue weighted by Crippen LogP contribution is 2.32. The van der Waals surface area contributed by atoms with E-state index in [-0.39, 0.29) is 0 Å². The normalized spacial score (nSPS) is 22.5. The van der Waals surface area contributed by atoms with Gasteiger partial charge in [0.1, 0.15) is 5.60 Å². The highest BCUT2D eigenvalue weighted by molar-refractivity contribution is 5.16. The van der Waals surface area contributed by atoms with Gasteiger partial charge in [-0.25, -0.2) is 0 Å². The molecule has 78 valence electrons. The number of nitrogens with zero attached hydrogens (tertiary/aromatic N) is 2. The van der Waals surface area contributed by atoms with Crippen LogP contribution in [-0.4, -0.2) is 34.7 Å². The molecule has 0 bridgehead atoms. The van der Waals surface area contributed by atoms with Crippen molar-refractivity contribution in [3.05, 3.63) is 24.0 Å². The monoisotopic (exact) mass is 194 g/mol. The van der Waals surface area contributed by atoms with Gasteiger partial charge in [-0.3, -0.25) is 0 Å². The van der Waals surface area contributed by atoms with Crippen molar-refractivity contribution in [2.75, 3.05) is 20.1 Å². The van der Waals surface area contributed by atoms with Crippen LogP contribution < -0.4 is 0 Å². The van der Waals surface area contributed by atoms with Gasteiger partial charge in [0.15, 0.2) is 0 Å². The number of rotatable bonds is 1. The number of hydrogen-bond acceptors (Lipinski definition) is 2. The maximum absolute atomic E-state index is 10.5. The van der Waals surface area contributed by atoms with Gasteiger partial charge < -0.3 is 14.6 Å². The maximum Gasteiger partial charge on any atom is 0.107 e. The first kappa shape index (κ1) is 9.74. The van der Waals surface area contributed by atoms with Gasteiger partial charge >= 0.3 is 0 Å². The van der Waals surface area contributed by atoms with E-state index in [4.69, 9.17) is 0 Å². The van der Waals surface area contributed by atoms with E-state index < -0.39 is 5.60 Å². The third kappa shape index (κ3) is 1.57. The zero-order chi connectivity index (χ0) is 10.2. The van der Waals surface area contributed by atoms with Gasteiger partial charge in [-0.05, 0) is 32.0 Å². The number of aryl methyl sites for hydroxylation is 1. The predicted octanol–water partition coefficient (Wildman–Crippen LogP) is 0.938. The van der Waals surface area contributed by atoms with Gasteiger partial charge in [0.05, 0.1) is 0 Å². The summed E-state index contributed by atoms with van der Waals surface area (Å²) in [5.74, 6) is 0. The van der Waals surface area contributed by atoms with Crippen molar-refractivity contribution in [2.45, 2.75) is 18.4 Å². The Morgan fingerprint density at radius 3 is 2.43 bits per heavy atom. The lowest BCUT2D eigenvalue weighted by atomic mass is 9.88. The number of hydrogen-bond donors (Lipinski definition) is 1. The fraction of sp³-hybridized carbons (Fsp3) is 0.636. The maximum atomic E-state index is 10.5. The third-order valence-corrected chi connectivity index (χ3v) is 3.23. The molecule has 1 aliphatic rings. The molecule has 0 radical (unpaired) electrons. The number of likely N-dealkylation sites (tertiary alicyclic amines) is 1. The lowest BCUT2D eigenvalue weighted by molar-refractivity contribution is -0.0259. The molecule has 1 fully saturated rings. The molecule has 2 heterocycles. The summed E-state index contributed by atoms with van der Waals surface area (Å²) in [7, 11) is 4.09. The Morgan fingerprint density at radius 2 is 1.93 bits per heavy atom. The molecule has 14 heavy (non-hydrogen) atoms. The molecule has 1 aliphatic heterocycles. The minimum absolute atomic E-state index is 0.606. The van der Waals surface area contributed by atoms with Crippen LogP contribution in [0.15, 0.2) is 18.3 Å². The molecule has 3 nitrogen and oxygen atoms in total. The second-order valence-corrected chi connectivity index (χ2v) is 4.34. The molecule has 1 aromatic heterocycles. The van der Waals surface area contributed by atoms with Crippen LogP contribution >= 0.6 is 0 Å². The van der Waals surface area contributed by atoms with E-state index in [0.717, 1.165) is 31.6 Å². The average molecular weight is 194 g/mol. The lowest BCUT2D eigenvalue weighted by Gasteiger charge is -2.36. The Labute approximate surface area is 85.0 Å². The zero-order valence-corrected chi connectivity index (χ0v) is 8.90. The highest BCUT2D eigenvalue weighted by Gasteiger charge is 2.34. The summed E-state index contributed by atoms with van der Waals surface area (Å²) < 4.78 is 2.02. The minimum Gasteiger partial charge on any atom is -0.384 e. The quantitative estimate of drug-likeness (QED) is 0.720. The Morgan fingerprint density at radius 1 is 1.29 bits per heavy atom. The summed E-state index contributed by atoms with van der Waals surface area (Å²) in [5.41, 5.74) is 0.440. The fourth-order valence-electron chi connectivity index (χ4n) is 2.19. The van der Waals surface area contributed by atoms with E-state index in [1.165, 1.54) is 0 Å². The van der Waals surface area contributed by atoms with E-state index in [2.05, 4.69) is 11.9 Å². The van der Waals surface area contributed by atoms with Crippen LogP contribution in [0.3, 0.4) is 0 Å². The molecular formula is C11H18N2O. The smallest absolute Gasteiger partial charge is 0.107 e. The first-order valence-electron chi connectivity index (χ1n) is 5.14. The van der Waals surface area contributed by atoms with Crippen LogP contribution in [0.2, 0.25) is 0 Å².